The number of alkyl halides is 6. The third-order valence-corrected chi connectivity index (χ3v) is 7.31. The lowest BCUT2D eigenvalue weighted by atomic mass is 9.97. The van der Waals surface area contributed by atoms with Gasteiger partial charge in [-0.15, -0.1) is 0 Å². The van der Waals surface area contributed by atoms with Gasteiger partial charge in [0, 0.05) is 51.9 Å². The van der Waals surface area contributed by atoms with Gasteiger partial charge in [-0.1, -0.05) is 12.1 Å². The van der Waals surface area contributed by atoms with E-state index in [1.54, 1.807) is 9.80 Å². The number of piperidine rings is 1. The summed E-state index contributed by atoms with van der Waals surface area (Å²) in [6, 6.07) is 6.06. The van der Waals surface area contributed by atoms with Crippen molar-refractivity contribution in [1.29, 1.82) is 0 Å². The molecule has 0 spiro atoms. The topological polar surface area (TPSA) is 108 Å². The monoisotopic (exact) mass is 616 g/mol. The minimum Gasteiger partial charge on any atom is -0.462 e. The van der Waals surface area contributed by atoms with E-state index in [1.807, 2.05) is 0 Å². The van der Waals surface area contributed by atoms with Gasteiger partial charge in [0.05, 0.1) is 18.6 Å². The molecule has 10 nitrogen and oxygen atoms in total. The highest BCUT2D eigenvalue weighted by Gasteiger charge is 2.38. The van der Waals surface area contributed by atoms with Crippen LogP contribution in [0.15, 0.2) is 30.3 Å². The number of nitrogens with one attached hydrogen (secondary N) is 1. The summed E-state index contributed by atoms with van der Waals surface area (Å²) in [6.45, 7) is 1.06. The molecule has 1 aromatic carbocycles. The molecule has 234 valence electrons. The van der Waals surface area contributed by atoms with Gasteiger partial charge in [-0.05, 0) is 37.0 Å². The van der Waals surface area contributed by atoms with Gasteiger partial charge < -0.3 is 24.8 Å². The Hall–Kier alpha value is -4.11. The van der Waals surface area contributed by atoms with E-state index in [4.69, 9.17) is 0 Å². The molecule has 2 fully saturated rings. The fourth-order valence-corrected chi connectivity index (χ4v) is 4.96. The number of carbonyl (C=O) groups excluding carboxylic acids is 3. The van der Waals surface area contributed by atoms with Crippen LogP contribution in [0.1, 0.15) is 29.8 Å². The Kier molecular flexibility index (Phi) is 9.65. The summed E-state index contributed by atoms with van der Waals surface area (Å²) >= 11 is 0. The van der Waals surface area contributed by atoms with E-state index >= 15 is 0 Å². The fraction of sp³-hybridized carbons (Fsp3) is 0.519. The number of amides is 2. The molecule has 1 N–H and O–H groups in total. The third-order valence-electron chi connectivity index (χ3n) is 7.31. The number of anilines is 2. The van der Waals surface area contributed by atoms with Crippen LogP contribution in [0.5, 0.6) is 0 Å². The molecule has 4 rings (SSSR count). The van der Waals surface area contributed by atoms with Gasteiger partial charge in [-0.3, -0.25) is 9.59 Å². The molecule has 1 unspecified atom stereocenters. The number of esters is 1. The number of aromatic nitrogens is 2. The van der Waals surface area contributed by atoms with Crippen LogP contribution >= 0.6 is 0 Å². The second kappa shape index (κ2) is 13.0. The Morgan fingerprint density at radius 1 is 0.907 bits per heavy atom. The van der Waals surface area contributed by atoms with Gasteiger partial charge in [0.2, 0.25) is 11.7 Å². The first-order valence-corrected chi connectivity index (χ1v) is 13.5. The van der Waals surface area contributed by atoms with Crippen LogP contribution in [-0.2, 0) is 37.9 Å². The van der Waals surface area contributed by atoms with Gasteiger partial charge in [0.15, 0.2) is 0 Å². The molecule has 2 aromatic rings. The molecule has 0 aliphatic carbocycles. The molecule has 0 saturated carbocycles. The van der Waals surface area contributed by atoms with Crippen molar-refractivity contribution in [1.82, 2.24) is 20.2 Å². The van der Waals surface area contributed by atoms with E-state index in [0.717, 1.165) is 19.2 Å². The van der Waals surface area contributed by atoms with E-state index in [9.17, 15) is 40.7 Å². The number of piperazine rings is 1. The summed E-state index contributed by atoms with van der Waals surface area (Å²) in [4.78, 5) is 48.4. The van der Waals surface area contributed by atoms with Crippen molar-refractivity contribution in [2.45, 2.75) is 31.6 Å². The zero-order valence-corrected chi connectivity index (χ0v) is 23.2. The van der Waals surface area contributed by atoms with E-state index in [1.165, 1.54) is 23.1 Å². The number of methoxy groups -OCH3 is 1. The quantitative estimate of drug-likeness (QED) is 0.300. The second-order valence-corrected chi connectivity index (χ2v) is 10.2. The Morgan fingerprint density at radius 2 is 1.53 bits per heavy atom. The van der Waals surface area contributed by atoms with Gasteiger partial charge in [-0.25, -0.2) is 14.8 Å². The Balaban J connectivity index is 1.40. The van der Waals surface area contributed by atoms with E-state index < -0.39 is 41.5 Å². The number of halogens is 6. The van der Waals surface area contributed by atoms with Crippen LogP contribution in [0.3, 0.4) is 0 Å². The van der Waals surface area contributed by atoms with Crippen molar-refractivity contribution in [2.75, 3.05) is 62.7 Å². The van der Waals surface area contributed by atoms with Gasteiger partial charge in [-0.2, -0.15) is 26.3 Å². The van der Waals surface area contributed by atoms with Crippen LogP contribution in [0.4, 0.5) is 38.0 Å². The van der Waals surface area contributed by atoms with Crippen LogP contribution in [0.2, 0.25) is 0 Å². The third kappa shape index (κ3) is 8.04. The second-order valence-electron chi connectivity index (χ2n) is 10.2. The number of hydrogen-bond donors (Lipinski definition) is 1. The van der Waals surface area contributed by atoms with Crippen molar-refractivity contribution in [3.8, 4) is 0 Å². The zero-order chi connectivity index (χ0) is 31.4. The standard InChI is InChI=1S/C27H30F6N6O4/c1-43-24(42)23(41)38-13-11-37(12-14-38)20-15-21(36-25(35-20)27(31,32)33)39-10-2-3-18(16-39)22(40)34-9-8-17-4-6-19(7-5-17)26(28,29)30/h4-7,15,18H,2-3,8-14,16H2,1H3,(H,34,40). The number of rotatable bonds is 6. The van der Waals surface area contributed by atoms with Gasteiger partial charge in [0.25, 0.3) is 0 Å². The SMILES string of the molecule is COC(=O)C(=O)N1CCN(c2cc(N3CCCC(C(=O)NCCc4ccc(C(F)(F)F)cc4)C3)nc(C(F)(F)F)n2)CC1. The minimum absolute atomic E-state index is 0.00519. The molecule has 0 radical (unpaired) electrons. The lowest BCUT2D eigenvalue weighted by Crippen LogP contribution is -2.51. The Morgan fingerprint density at radius 3 is 2.12 bits per heavy atom. The summed E-state index contributed by atoms with van der Waals surface area (Å²) in [7, 11) is 1.08. The number of benzene rings is 1. The fourth-order valence-electron chi connectivity index (χ4n) is 4.96. The maximum atomic E-state index is 13.8. The van der Waals surface area contributed by atoms with Crippen LogP contribution in [0.25, 0.3) is 0 Å². The molecule has 0 bridgehead atoms. The highest BCUT2D eigenvalue weighted by Crippen LogP contribution is 2.32. The molecule has 16 heteroatoms. The predicted octanol–water partition coefficient (Wildman–Crippen LogP) is 2.91. The molecule has 2 aliphatic heterocycles. The van der Waals surface area contributed by atoms with E-state index in [0.29, 0.717) is 31.4 Å². The van der Waals surface area contributed by atoms with Gasteiger partial charge >= 0.3 is 24.2 Å². The normalized spacial score (nSPS) is 17.9. The molecule has 2 amide bonds. The smallest absolute Gasteiger partial charge is 0.451 e. The van der Waals surface area contributed by atoms with Crippen molar-refractivity contribution >= 4 is 29.4 Å². The van der Waals surface area contributed by atoms with Crippen LogP contribution in [-0.4, -0.2) is 85.6 Å². The molecule has 43 heavy (non-hydrogen) atoms. The molecule has 2 aliphatic rings. The Bertz CT molecular complexity index is 1310. The first kappa shape index (κ1) is 31.8. The molecule has 2 saturated heterocycles. The van der Waals surface area contributed by atoms with E-state index in [-0.39, 0.29) is 56.8 Å². The Labute approximate surface area is 243 Å². The maximum Gasteiger partial charge on any atom is 0.451 e. The highest BCUT2D eigenvalue weighted by molar-refractivity contribution is 6.32. The summed E-state index contributed by atoms with van der Waals surface area (Å²) in [6.07, 6.45) is -7.94. The predicted molar refractivity (Wildman–Crippen MR) is 141 cm³/mol. The van der Waals surface area contributed by atoms with Crippen molar-refractivity contribution in [2.24, 2.45) is 5.92 Å². The molecule has 1 atom stereocenters. The lowest BCUT2D eigenvalue weighted by Gasteiger charge is -2.36. The van der Waals surface area contributed by atoms with Crippen LogP contribution in [0, 0.1) is 5.92 Å². The molecular weight excluding hydrogens is 586 g/mol. The minimum atomic E-state index is -4.84. The maximum absolute atomic E-state index is 13.8. The number of ether oxygens (including phenoxy) is 1. The summed E-state index contributed by atoms with van der Waals surface area (Å²) in [5.41, 5.74) is -0.151. The molecule has 3 heterocycles. The molecular formula is C27H30F6N6O4. The average molecular weight is 617 g/mol. The van der Waals surface area contributed by atoms with E-state index in [2.05, 4.69) is 20.0 Å². The average Bonchev–Trinajstić information content (AvgIpc) is 2.99. The first-order valence-electron chi connectivity index (χ1n) is 13.5. The first-order chi connectivity index (χ1) is 20.3. The zero-order valence-electron chi connectivity index (χ0n) is 23.2. The summed E-state index contributed by atoms with van der Waals surface area (Å²) < 4.78 is 84.0. The molecule has 1 aromatic heterocycles. The summed E-state index contributed by atoms with van der Waals surface area (Å²) in [5.74, 6) is -4.04. The van der Waals surface area contributed by atoms with Crippen LogP contribution < -0.4 is 15.1 Å². The lowest BCUT2D eigenvalue weighted by molar-refractivity contribution is -0.158. The number of carbonyl (C=O) groups is 3. The summed E-state index contributed by atoms with van der Waals surface area (Å²) in [5, 5.41) is 2.77. The van der Waals surface area contributed by atoms with Crippen molar-refractivity contribution in [3.63, 3.8) is 0 Å². The highest BCUT2D eigenvalue weighted by atomic mass is 19.4. The number of hydrogen-bond acceptors (Lipinski definition) is 8. The van der Waals surface area contributed by atoms with Crippen molar-refractivity contribution in [3.05, 3.63) is 47.3 Å². The van der Waals surface area contributed by atoms with Crippen molar-refractivity contribution < 1.29 is 45.5 Å². The van der Waals surface area contributed by atoms with Gasteiger partial charge in [0.1, 0.15) is 11.6 Å². The largest absolute Gasteiger partial charge is 0.462 e. The number of nitrogens with zero attached hydrogens (tertiary/aromatic N) is 5.